The van der Waals surface area contributed by atoms with Gasteiger partial charge in [-0.1, -0.05) is 12.1 Å². The molecule has 2 rings (SSSR count). The van der Waals surface area contributed by atoms with Gasteiger partial charge >= 0.3 is 5.97 Å². The Kier molecular flexibility index (Phi) is 5.38. The standard InChI is InChI=1S/C18H17NO6/c1-11-4-5-12(9-16(11)19(22)23)8-15(18(20)21)14-10-13(24-2)6-7-17(14)25-3/h4-10H,1-3H3,(H,20,21)/b15-8-. The fourth-order valence-electron chi connectivity index (χ4n) is 2.36. The molecule has 0 heterocycles. The van der Waals surface area contributed by atoms with Gasteiger partial charge in [-0.15, -0.1) is 0 Å². The van der Waals surface area contributed by atoms with Gasteiger partial charge in [0.25, 0.3) is 5.69 Å². The van der Waals surface area contributed by atoms with Crippen LogP contribution in [0, 0.1) is 17.0 Å². The van der Waals surface area contributed by atoms with Crippen molar-refractivity contribution in [1.29, 1.82) is 0 Å². The maximum Gasteiger partial charge on any atom is 0.336 e. The fourth-order valence-corrected chi connectivity index (χ4v) is 2.36. The molecular formula is C18H17NO6. The lowest BCUT2D eigenvalue weighted by atomic mass is 10.0. The Morgan fingerprint density at radius 3 is 2.44 bits per heavy atom. The molecule has 0 aliphatic rings. The molecule has 0 unspecified atom stereocenters. The minimum absolute atomic E-state index is 0.0612. The van der Waals surface area contributed by atoms with E-state index in [4.69, 9.17) is 9.47 Å². The van der Waals surface area contributed by atoms with E-state index in [0.29, 0.717) is 28.2 Å². The maximum absolute atomic E-state index is 11.8. The van der Waals surface area contributed by atoms with E-state index in [-0.39, 0.29) is 11.3 Å². The van der Waals surface area contributed by atoms with E-state index in [2.05, 4.69) is 0 Å². The smallest absolute Gasteiger partial charge is 0.336 e. The number of nitrogens with zero attached hydrogens (tertiary/aromatic N) is 1. The molecule has 0 fully saturated rings. The lowest BCUT2D eigenvalue weighted by molar-refractivity contribution is -0.385. The summed E-state index contributed by atoms with van der Waals surface area (Å²) in [5, 5.41) is 20.7. The van der Waals surface area contributed by atoms with Crippen molar-refractivity contribution < 1.29 is 24.3 Å². The summed E-state index contributed by atoms with van der Waals surface area (Å²) < 4.78 is 10.4. The molecule has 0 aliphatic carbocycles. The van der Waals surface area contributed by atoms with E-state index in [0.717, 1.165) is 0 Å². The number of aryl methyl sites for hydroxylation is 1. The number of hydrogen-bond acceptors (Lipinski definition) is 5. The average Bonchev–Trinajstić information content (AvgIpc) is 2.59. The van der Waals surface area contributed by atoms with Crippen LogP contribution in [0.3, 0.4) is 0 Å². The molecule has 0 aromatic heterocycles. The zero-order chi connectivity index (χ0) is 18.6. The quantitative estimate of drug-likeness (QED) is 0.373. The van der Waals surface area contributed by atoms with Crippen molar-refractivity contribution in [3.05, 3.63) is 63.2 Å². The number of carboxylic acids is 1. The SMILES string of the molecule is COc1ccc(OC)c(/C(=C/c2ccc(C)c([N+](=O)[O-])c2)C(=O)O)c1. The van der Waals surface area contributed by atoms with Crippen molar-refractivity contribution in [3.8, 4) is 11.5 Å². The molecule has 1 N–H and O–H groups in total. The van der Waals surface area contributed by atoms with E-state index in [9.17, 15) is 20.0 Å². The molecule has 0 bridgehead atoms. The van der Waals surface area contributed by atoms with Crippen LogP contribution in [0.1, 0.15) is 16.7 Å². The summed E-state index contributed by atoms with van der Waals surface area (Å²) in [6.07, 6.45) is 1.37. The van der Waals surface area contributed by atoms with E-state index < -0.39 is 10.9 Å². The summed E-state index contributed by atoms with van der Waals surface area (Å²) in [6, 6.07) is 9.33. The monoisotopic (exact) mass is 343 g/mol. The third kappa shape index (κ3) is 3.95. The number of benzene rings is 2. The van der Waals surface area contributed by atoms with E-state index >= 15 is 0 Å². The molecule has 0 aliphatic heterocycles. The van der Waals surface area contributed by atoms with Crippen LogP contribution in [-0.2, 0) is 4.79 Å². The summed E-state index contributed by atoms with van der Waals surface area (Å²) in [5.74, 6) is -0.358. The van der Waals surface area contributed by atoms with Crippen molar-refractivity contribution in [3.63, 3.8) is 0 Å². The van der Waals surface area contributed by atoms with E-state index in [1.165, 1.54) is 26.4 Å². The highest BCUT2D eigenvalue weighted by molar-refractivity contribution is 6.21. The Labute approximate surface area is 144 Å². The van der Waals surface area contributed by atoms with Crippen LogP contribution in [0.2, 0.25) is 0 Å². The Balaban J connectivity index is 2.63. The van der Waals surface area contributed by atoms with Gasteiger partial charge in [0.1, 0.15) is 11.5 Å². The number of nitro benzene ring substituents is 1. The molecule has 130 valence electrons. The molecular weight excluding hydrogens is 326 g/mol. The highest BCUT2D eigenvalue weighted by atomic mass is 16.6. The topological polar surface area (TPSA) is 98.9 Å². The number of carbonyl (C=O) groups is 1. The lowest BCUT2D eigenvalue weighted by Crippen LogP contribution is -2.03. The van der Waals surface area contributed by atoms with Crippen LogP contribution in [0.15, 0.2) is 36.4 Å². The van der Waals surface area contributed by atoms with Crippen molar-refractivity contribution >= 4 is 23.3 Å². The lowest BCUT2D eigenvalue weighted by Gasteiger charge is -2.11. The van der Waals surface area contributed by atoms with Crippen LogP contribution in [0.25, 0.3) is 11.6 Å². The Morgan fingerprint density at radius 1 is 1.16 bits per heavy atom. The second kappa shape index (κ2) is 7.48. The molecule has 0 atom stereocenters. The average molecular weight is 343 g/mol. The largest absolute Gasteiger partial charge is 0.497 e. The minimum Gasteiger partial charge on any atom is -0.497 e. The normalized spacial score (nSPS) is 11.1. The van der Waals surface area contributed by atoms with Gasteiger partial charge < -0.3 is 14.6 Å². The number of nitro groups is 1. The van der Waals surface area contributed by atoms with Gasteiger partial charge in [-0.3, -0.25) is 10.1 Å². The highest BCUT2D eigenvalue weighted by Crippen LogP contribution is 2.32. The summed E-state index contributed by atoms with van der Waals surface area (Å²) >= 11 is 0. The Bertz CT molecular complexity index is 857. The summed E-state index contributed by atoms with van der Waals surface area (Å²) in [5.41, 5.74) is 1.08. The molecule has 2 aromatic rings. The molecule has 7 nitrogen and oxygen atoms in total. The number of aliphatic carboxylic acids is 1. The van der Waals surface area contributed by atoms with Gasteiger partial charge in [-0.25, -0.2) is 4.79 Å². The van der Waals surface area contributed by atoms with Crippen molar-refractivity contribution in [2.24, 2.45) is 0 Å². The van der Waals surface area contributed by atoms with Crippen LogP contribution in [0.4, 0.5) is 5.69 Å². The molecule has 0 amide bonds. The van der Waals surface area contributed by atoms with Gasteiger partial charge in [0, 0.05) is 17.2 Å². The number of carboxylic acid groups (broad SMARTS) is 1. The predicted molar refractivity (Wildman–Crippen MR) is 92.9 cm³/mol. The third-order valence-corrected chi connectivity index (χ3v) is 3.67. The highest BCUT2D eigenvalue weighted by Gasteiger charge is 2.18. The Hall–Kier alpha value is -3.35. The number of hydrogen-bond donors (Lipinski definition) is 1. The second-order valence-corrected chi connectivity index (χ2v) is 5.23. The van der Waals surface area contributed by atoms with Crippen LogP contribution >= 0.6 is 0 Å². The van der Waals surface area contributed by atoms with Gasteiger partial charge in [0.2, 0.25) is 0 Å². The molecule has 0 saturated carbocycles. The zero-order valence-corrected chi connectivity index (χ0v) is 14.0. The zero-order valence-electron chi connectivity index (χ0n) is 14.0. The Morgan fingerprint density at radius 2 is 1.88 bits per heavy atom. The summed E-state index contributed by atoms with van der Waals surface area (Å²) in [7, 11) is 2.90. The first kappa shape index (κ1) is 18.0. The second-order valence-electron chi connectivity index (χ2n) is 5.23. The first-order valence-electron chi connectivity index (χ1n) is 7.29. The first-order chi connectivity index (χ1) is 11.9. The van der Waals surface area contributed by atoms with Crippen molar-refractivity contribution in [1.82, 2.24) is 0 Å². The van der Waals surface area contributed by atoms with Crippen molar-refractivity contribution in [2.45, 2.75) is 6.92 Å². The fraction of sp³-hybridized carbons (Fsp3) is 0.167. The number of methoxy groups -OCH3 is 2. The van der Waals surface area contributed by atoms with Gasteiger partial charge in [0.15, 0.2) is 0 Å². The van der Waals surface area contributed by atoms with E-state index in [1.54, 1.807) is 37.3 Å². The number of rotatable bonds is 6. The minimum atomic E-state index is -1.19. The molecule has 25 heavy (non-hydrogen) atoms. The van der Waals surface area contributed by atoms with Crippen LogP contribution in [0.5, 0.6) is 11.5 Å². The van der Waals surface area contributed by atoms with Crippen molar-refractivity contribution in [2.75, 3.05) is 14.2 Å². The predicted octanol–water partition coefficient (Wildman–Crippen LogP) is 3.55. The molecule has 0 spiro atoms. The van der Waals surface area contributed by atoms with Crippen LogP contribution in [-0.4, -0.2) is 30.2 Å². The van der Waals surface area contributed by atoms with E-state index in [1.807, 2.05) is 0 Å². The third-order valence-electron chi connectivity index (χ3n) is 3.67. The molecule has 7 heteroatoms. The summed E-state index contributed by atoms with van der Waals surface area (Å²) in [4.78, 5) is 22.3. The summed E-state index contributed by atoms with van der Waals surface area (Å²) in [6.45, 7) is 1.62. The maximum atomic E-state index is 11.8. The van der Waals surface area contributed by atoms with Gasteiger partial charge in [-0.2, -0.15) is 0 Å². The number of ether oxygens (including phenoxy) is 2. The van der Waals surface area contributed by atoms with Crippen LogP contribution < -0.4 is 9.47 Å². The molecule has 0 radical (unpaired) electrons. The molecule has 2 aromatic carbocycles. The van der Waals surface area contributed by atoms with Gasteiger partial charge in [-0.05, 0) is 36.8 Å². The van der Waals surface area contributed by atoms with Gasteiger partial charge in [0.05, 0.1) is 24.7 Å². The molecule has 0 saturated heterocycles. The first-order valence-corrected chi connectivity index (χ1v) is 7.29.